The molecule has 0 saturated heterocycles. The summed E-state index contributed by atoms with van der Waals surface area (Å²) in [5.74, 6) is 0. The molecule has 2 aliphatic heterocycles. The van der Waals surface area contributed by atoms with Crippen LogP contribution in [0.15, 0.2) is 139 Å². The number of anilines is 1. The lowest BCUT2D eigenvalue weighted by molar-refractivity contribution is 0.985. The number of fused-ring (bicyclic) bond motifs is 3. The van der Waals surface area contributed by atoms with Gasteiger partial charge in [0.15, 0.2) is 0 Å². The van der Waals surface area contributed by atoms with E-state index in [1.165, 1.54) is 10.6 Å². The fourth-order valence-electron chi connectivity index (χ4n) is 4.49. The molecule has 5 rings (SSSR count). The summed E-state index contributed by atoms with van der Waals surface area (Å²) in [5, 5.41) is 7.05. The summed E-state index contributed by atoms with van der Waals surface area (Å²) in [6, 6.07) is 19.0. The molecule has 3 heteroatoms. The molecule has 3 heterocycles. The van der Waals surface area contributed by atoms with Gasteiger partial charge in [-0.2, -0.15) is 0 Å². The monoisotopic (exact) mass is 455 g/mol. The zero-order chi connectivity index (χ0) is 24.0. The number of hydrogen-bond acceptors (Lipinski definition) is 2. The maximum Gasteiger partial charge on any atom is 0.0464 e. The first-order valence-corrected chi connectivity index (χ1v) is 11.9. The van der Waals surface area contributed by atoms with Crippen LogP contribution in [0.2, 0.25) is 0 Å². The number of nitrogens with one attached hydrogen (secondary N) is 2. The lowest BCUT2D eigenvalue weighted by Crippen LogP contribution is -2.30. The zero-order valence-electron chi connectivity index (χ0n) is 19.7. The van der Waals surface area contributed by atoms with Gasteiger partial charge in [-0.1, -0.05) is 79.9 Å². The summed E-state index contributed by atoms with van der Waals surface area (Å²) in [6.45, 7) is 8.80. The molecule has 0 unspecified atom stereocenters. The maximum atomic E-state index is 4.14. The van der Waals surface area contributed by atoms with Gasteiger partial charge in [0.1, 0.15) is 0 Å². The highest BCUT2D eigenvalue weighted by molar-refractivity contribution is 5.82. The van der Waals surface area contributed by atoms with Crippen LogP contribution in [-0.2, 0) is 0 Å². The third-order valence-electron chi connectivity index (χ3n) is 6.19. The highest BCUT2D eigenvalue weighted by atomic mass is 15.1. The van der Waals surface area contributed by atoms with Crippen molar-refractivity contribution in [3.63, 3.8) is 0 Å². The highest BCUT2D eigenvalue weighted by Crippen LogP contribution is 2.25. The molecule has 0 aliphatic carbocycles. The Hall–Kier alpha value is -4.50. The Bertz CT molecular complexity index is 1540. The molecule has 0 spiro atoms. The van der Waals surface area contributed by atoms with E-state index in [2.05, 4.69) is 119 Å². The van der Waals surface area contributed by atoms with Crippen LogP contribution < -0.4 is 20.8 Å². The summed E-state index contributed by atoms with van der Waals surface area (Å²) in [6.07, 6.45) is 21.8. The normalized spacial score (nSPS) is 23.6. The van der Waals surface area contributed by atoms with E-state index in [0.29, 0.717) is 0 Å². The fourth-order valence-corrected chi connectivity index (χ4v) is 4.49. The second-order valence-electron chi connectivity index (χ2n) is 8.53. The Morgan fingerprint density at radius 3 is 2.63 bits per heavy atom. The van der Waals surface area contributed by atoms with Crippen molar-refractivity contribution in [2.24, 2.45) is 0 Å². The van der Waals surface area contributed by atoms with Crippen LogP contribution in [0.3, 0.4) is 0 Å². The first kappa shape index (κ1) is 22.3. The lowest BCUT2D eigenvalue weighted by atomic mass is 10.0. The van der Waals surface area contributed by atoms with Crippen molar-refractivity contribution < 1.29 is 0 Å². The van der Waals surface area contributed by atoms with Crippen molar-refractivity contribution in [1.29, 1.82) is 0 Å². The van der Waals surface area contributed by atoms with E-state index >= 15 is 0 Å². The molecule has 1 aromatic heterocycles. The van der Waals surface area contributed by atoms with Gasteiger partial charge in [-0.25, -0.2) is 0 Å². The SMILES string of the molecule is C=C/C=C1/NC(=C)/C=C\C=C/C/C1=C/C1=C/C=c2\c([nH]c3ccccc23)=C/CN1c1ccccc1. The fraction of sp³-hybridized carbons (Fsp3) is 0.0625. The van der Waals surface area contributed by atoms with E-state index in [0.717, 1.165) is 52.2 Å². The molecule has 0 amide bonds. The van der Waals surface area contributed by atoms with E-state index in [-0.39, 0.29) is 0 Å². The summed E-state index contributed by atoms with van der Waals surface area (Å²) in [5.41, 5.74) is 6.40. The van der Waals surface area contributed by atoms with Crippen LogP contribution in [0.4, 0.5) is 5.69 Å². The van der Waals surface area contributed by atoms with Crippen LogP contribution in [0.1, 0.15) is 6.42 Å². The van der Waals surface area contributed by atoms with Gasteiger partial charge in [0.25, 0.3) is 0 Å². The molecule has 2 aromatic carbocycles. The van der Waals surface area contributed by atoms with Gasteiger partial charge in [0.05, 0.1) is 0 Å². The van der Waals surface area contributed by atoms with E-state index < -0.39 is 0 Å². The topological polar surface area (TPSA) is 31.1 Å². The number of aromatic amines is 1. The average molecular weight is 456 g/mol. The zero-order valence-corrected chi connectivity index (χ0v) is 19.7. The van der Waals surface area contributed by atoms with Crippen LogP contribution in [0.5, 0.6) is 0 Å². The summed E-state index contributed by atoms with van der Waals surface area (Å²) < 4.78 is 0. The number of rotatable bonds is 3. The van der Waals surface area contributed by atoms with Gasteiger partial charge in [-0.3, -0.25) is 0 Å². The standard InChI is InChI=1S/C32H29N3/c1-3-12-30-25(14-7-4-6-13-24(2)33-30)23-27-19-20-29-28-17-10-11-18-31(28)34-32(29)21-22-35(27)26-15-8-5-9-16-26/h3-13,15-21,23,33-34H,1-2,14,22H2/b7-4-,13-6-,25-23-,27-19-,29-20-,30-12+,32-21+. The highest BCUT2D eigenvalue weighted by Gasteiger charge is 2.14. The Balaban J connectivity index is 1.70. The minimum Gasteiger partial charge on any atom is -0.356 e. The number of hydrogen-bond donors (Lipinski definition) is 2. The average Bonchev–Trinajstić information content (AvgIpc) is 3.24. The van der Waals surface area contributed by atoms with Crippen molar-refractivity contribution in [1.82, 2.24) is 10.3 Å². The molecule has 3 aromatic rings. The molecular formula is C32H29N3. The molecule has 0 radical (unpaired) electrons. The second-order valence-corrected chi connectivity index (χ2v) is 8.53. The van der Waals surface area contributed by atoms with E-state index in [1.54, 1.807) is 0 Å². The Labute approximate surface area is 206 Å². The maximum absolute atomic E-state index is 4.14. The number of para-hydroxylation sites is 2. The van der Waals surface area contributed by atoms with Crippen molar-refractivity contribution >= 4 is 28.7 Å². The molecule has 0 bridgehead atoms. The quantitative estimate of drug-likeness (QED) is 0.527. The number of nitrogens with zero attached hydrogens (tertiary/aromatic N) is 1. The predicted octanol–water partition coefficient (Wildman–Crippen LogP) is 5.75. The Kier molecular flexibility index (Phi) is 6.49. The van der Waals surface area contributed by atoms with Crippen molar-refractivity contribution in [3.8, 4) is 0 Å². The number of aromatic nitrogens is 1. The van der Waals surface area contributed by atoms with Gasteiger partial charge in [-0.05, 0) is 60.6 Å². The Morgan fingerprint density at radius 1 is 0.943 bits per heavy atom. The molecule has 172 valence electrons. The molecule has 0 atom stereocenters. The second kappa shape index (κ2) is 10.2. The first-order valence-electron chi connectivity index (χ1n) is 11.9. The van der Waals surface area contributed by atoms with Gasteiger partial charge in [0.2, 0.25) is 0 Å². The lowest BCUT2D eigenvalue weighted by Gasteiger charge is -2.26. The molecule has 2 aliphatic rings. The largest absolute Gasteiger partial charge is 0.356 e. The number of H-pyrrole nitrogens is 1. The third kappa shape index (κ3) is 4.90. The van der Waals surface area contributed by atoms with Crippen molar-refractivity contribution in [3.05, 3.63) is 150 Å². The number of allylic oxidation sites excluding steroid dienone is 9. The molecule has 0 saturated carbocycles. The Morgan fingerprint density at radius 2 is 1.77 bits per heavy atom. The van der Waals surface area contributed by atoms with Gasteiger partial charge < -0.3 is 15.2 Å². The summed E-state index contributed by atoms with van der Waals surface area (Å²) in [4.78, 5) is 5.93. The van der Waals surface area contributed by atoms with E-state index in [1.807, 2.05) is 24.3 Å². The van der Waals surface area contributed by atoms with E-state index in [4.69, 9.17) is 0 Å². The van der Waals surface area contributed by atoms with E-state index in [9.17, 15) is 0 Å². The summed E-state index contributed by atoms with van der Waals surface area (Å²) >= 11 is 0. The van der Waals surface area contributed by atoms with Gasteiger partial charge >= 0.3 is 0 Å². The van der Waals surface area contributed by atoms with Crippen LogP contribution in [0, 0.1) is 0 Å². The van der Waals surface area contributed by atoms with Crippen molar-refractivity contribution in [2.75, 3.05) is 11.4 Å². The molecule has 3 nitrogen and oxygen atoms in total. The van der Waals surface area contributed by atoms with Gasteiger partial charge in [-0.15, -0.1) is 0 Å². The van der Waals surface area contributed by atoms with Crippen LogP contribution in [-0.4, -0.2) is 11.5 Å². The smallest absolute Gasteiger partial charge is 0.0464 e. The predicted molar refractivity (Wildman–Crippen MR) is 150 cm³/mol. The molecule has 2 N–H and O–H groups in total. The number of benzene rings is 2. The van der Waals surface area contributed by atoms with Crippen LogP contribution >= 0.6 is 0 Å². The summed E-state index contributed by atoms with van der Waals surface area (Å²) in [7, 11) is 0. The molecule has 35 heavy (non-hydrogen) atoms. The third-order valence-corrected chi connectivity index (χ3v) is 6.19. The van der Waals surface area contributed by atoms with Crippen molar-refractivity contribution in [2.45, 2.75) is 6.42 Å². The first-order chi connectivity index (χ1) is 17.2. The van der Waals surface area contributed by atoms with Crippen LogP contribution in [0.25, 0.3) is 23.1 Å². The minimum absolute atomic E-state index is 0.741. The molecule has 0 fully saturated rings. The van der Waals surface area contributed by atoms with Gasteiger partial charge in [0, 0.05) is 50.8 Å². The minimum atomic E-state index is 0.741. The molecular weight excluding hydrogens is 426 g/mol.